The van der Waals surface area contributed by atoms with Crippen LogP contribution in [0.5, 0.6) is 5.75 Å². The molecule has 0 heterocycles. The summed E-state index contributed by atoms with van der Waals surface area (Å²) in [6.45, 7) is 0. The van der Waals surface area contributed by atoms with Crippen LogP contribution in [0, 0.1) is 10.1 Å². The molecule has 0 fully saturated rings. The van der Waals surface area contributed by atoms with Crippen molar-refractivity contribution in [3.63, 3.8) is 0 Å². The van der Waals surface area contributed by atoms with Crippen molar-refractivity contribution in [1.29, 1.82) is 0 Å². The topological polar surface area (TPSA) is 64.4 Å². The molecule has 0 saturated carbocycles. The van der Waals surface area contributed by atoms with Crippen molar-refractivity contribution >= 4 is 51.9 Å². The van der Waals surface area contributed by atoms with E-state index in [2.05, 4.69) is 5.32 Å². The van der Waals surface area contributed by atoms with Crippen LogP contribution in [-0.2, 0) is 0 Å². The molecule has 0 atom stereocenters. The Morgan fingerprint density at radius 2 is 1.86 bits per heavy atom. The highest BCUT2D eigenvalue weighted by molar-refractivity contribution is 6.37. The molecule has 0 unspecified atom stereocenters. The fraction of sp³-hybridized carbons (Fsp3) is 0.0769. The van der Waals surface area contributed by atoms with E-state index in [1.807, 2.05) is 0 Å². The first-order chi connectivity index (χ1) is 9.92. The number of methoxy groups -OCH3 is 1. The van der Waals surface area contributed by atoms with Crippen LogP contribution in [0.25, 0.3) is 0 Å². The average molecular weight is 348 g/mol. The molecule has 0 saturated heterocycles. The SMILES string of the molecule is COc1ccc(Cl)cc1Nc1c(Cl)cc(Cl)cc1[N+](=O)[O-]. The summed E-state index contributed by atoms with van der Waals surface area (Å²) >= 11 is 17.8. The molecule has 0 aliphatic carbocycles. The number of hydrogen-bond acceptors (Lipinski definition) is 4. The summed E-state index contributed by atoms with van der Waals surface area (Å²) in [4.78, 5) is 10.6. The zero-order valence-electron chi connectivity index (χ0n) is 10.7. The molecule has 0 aliphatic rings. The molecule has 0 aliphatic heterocycles. The quantitative estimate of drug-likeness (QED) is 0.601. The number of hydrogen-bond donors (Lipinski definition) is 1. The van der Waals surface area contributed by atoms with Gasteiger partial charge in [-0.05, 0) is 24.3 Å². The molecule has 8 heteroatoms. The molecule has 5 nitrogen and oxygen atoms in total. The Hall–Kier alpha value is -1.69. The average Bonchev–Trinajstić information content (AvgIpc) is 2.41. The van der Waals surface area contributed by atoms with Gasteiger partial charge in [0.1, 0.15) is 11.4 Å². The number of nitrogens with one attached hydrogen (secondary N) is 1. The van der Waals surface area contributed by atoms with Crippen molar-refractivity contribution in [2.45, 2.75) is 0 Å². The van der Waals surface area contributed by atoms with Crippen LogP contribution in [0.15, 0.2) is 30.3 Å². The summed E-state index contributed by atoms with van der Waals surface area (Å²) in [5.74, 6) is 0.472. The summed E-state index contributed by atoms with van der Waals surface area (Å²) in [6.07, 6.45) is 0. The van der Waals surface area contributed by atoms with E-state index in [1.54, 1.807) is 18.2 Å². The summed E-state index contributed by atoms with van der Waals surface area (Å²) in [6, 6.07) is 7.49. The molecule has 110 valence electrons. The standard InChI is InChI=1S/C13H9Cl3N2O3/c1-21-12-3-2-7(14)5-10(12)17-13-9(16)4-8(15)6-11(13)18(19)20/h2-6,17H,1H3. The van der Waals surface area contributed by atoms with Crippen molar-refractivity contribution in [2.75, 3.05) is 12.4 Å². The highest BCUT2D eigenvalue weighted by Crippen LogP contribution is 2.40. The lowest BCUT2D eigenvalue weighted by Gasteiger charge is -2.13. The van der Waals surface area contributed by atoms with Crippen molar-refractivity contribution in [2.24, 2.45) is 0 Å². The van der Waals surface area contributed by atoms with E-state index in [1.165, 1.54) is 19.2 Å². The number of benzene rings is 2. The zero-order chi connectivity index (χ0) is 15.6. The molecule has 0 radical (unpaired) electrons. The largest absolute Gasteiger partial charge is 0.495 e. The first-order valence-corrected chi connectivity index (χ1v) is 6.79. The Balaban J connectivity index is 2.54. The number of anilines is 2. The van der Waals surface area contributed by atoms with Crippen LogP contribution in [0.2, 0.25) is 15.1 Å². The Kier molecular flexibility index (Phi) is 4.77. The predicted molar refractivity (Wildman–Crippen MR) is 84.4 cm³/mol. The van der Waals surface area contributed by atoms with Crippen LogP contribution in [-0.4, -0.2) is 12.0 Å². The number of rotatable bonds is 4. The van der Waals surface area contributed by atoms with Crippen molar-refractivity contribution in [1.82, 2.24) is 0 Å². The molecule has 2 rings (SSSR count). The third-order valence-corrected chi connectivity index (χ3v) is 3.40. The number of nitro benzene ring substituents is 1. The number of nitrogens with zero attached hydrogens (tertiary/aromatic N) is 1. The van der Waals surface area contributed by atoms with Gasteiger partial charge in [-0.15, -0.1) is 0 Å². The Bertz CT molecular complexity index is 707. The van der Waals surface area contributed by atoms with E-state index in [0.29, 0.717) is 16.5 Å². The first-order valence-electron chi connectivity index (χ1n) is 5.66. The normalized spacial score (nSPS) is 10.3. The van der Waals surface area contributed by atoms with Gasteiger partial charge in [0, 0.05) is 16.1 Å². The number of ether oxygens (including phenoxy) is 1. The highest BCUT2D eigenvalue weighted by Gasteiger charge is 2.20. The molecule has 0 amide bonds. The predicted octanol–water partition coefficient (Wildman–Crippen LogP) is 5.31. The molecule has 0 bridgehead atoms. The lowest BCUT2D eigenvalue weighted by Crippen LogP contribution is -2.00. The molecule has 2 aromatic carbocycles. The van der Waals surface area contributed by atoms with E-state index in [-0.39, 0.29) is 21.4 Å². The maximum Gasteiger partial charge on any atom is 0.295 e. The lowest BCUT2D eigenvalue weighted by molar-refractivity contribution is -0.383. The van der Waals surface area contributed by atoms with E-state index < -0.39 is 4.92 Å². The summed E-state index contributed by atoms with van der Waals surface area (Å²) in [7, 11) is 1.48. The third-order valence-electron chi connectivity index (χ3n) is 2.65. The van der Waals surface area contributed by atoms with Crippen molar-refractivity contribution in [3.05, 3.63) is 55.5 Å². The Morgan fingerprint density at radius 1 is 1.14 bits per heavy atom. The summed E-state index contributed by atoms with van der Waals surface area (Å²) in [5, 5.41) is 14.7. The van der Waals surface area contributed by atoms with E-state index in [4.69, 9.17) is 39.5 Å². The van der Waals surface area contributed by atoms with Gasteiger partial charge in [0.05, 0.1) is 22.7 Å². The van der Waals surface area contributed by atoms with Crippen LogP contribution in [0.4, 0.5) is 17.1 Å². The number of nitro groups is 1. The first kappa shape index (κ1) is 15.7. The van der Waals surface area contributed by atoms with Gasteiger partial charge in [0.2, 0.25) is 0 Å². The zero-order valence-corrected chi connectivity index (χ0v) is 13.0. The second-order valence-corrected chi connectivity index (χ2v) is 5.29. The van der Waals surface area contributed by atoms with Crippen molar-refractivity contribution in [3.8, 4) is 5.75 Å². The van der Waals surface area contributed by atoms with Gasteiger partial charge in [-0.3, -0.25) is 10.1 Å². The Morgan fingerprint density at radius 3 is 2.48 bits per heavy atom. The van der Waals surface area contributed by atoms with Gasteiger partial charge in [0.15, 0.2) is 0 Å². The molecule has 0 spiro atoms. The van der Waals surface area contributed by atoms with E-state index in [0.717, 1.165) is 0 Å². The molecule has 1 N–H and O–H groups in total. The van der Waals surface area contributed by atoms with Gasteiger partial charge < -0.3 is 10.1 Å². The van der Waals surface area contributed by atoms with Crippen LogP contribution < -0.4 is 10.1 Å². The fourth-order valence-corrected chi connectivity index (χ4v) is 2.44. The van der Waals surface area contributed by atoms with Crippen LogP contribution in [0.1, 0.15) is 0 Å². The second-order valence-electron chi connectivity index (χ2n) is 4.01. The van der Waals surface area contributed by atoms with Gasteiger partial charge in [-0.2, -0.15) is 0 Å². The van der Waals surface area contributed by atoms with E-state index >= 15 is 0 Å². The molecular formula is C13H9Cl3N2O3. The molecule has 2 aromatic rings. The minimum absolute atomic E-state index is 0.117. The lowest BCUT2D eigenvalue weighted by atomic mass is 10.2. The third kappa shape index (κ3) is 3.50. The van der Waals surface area contributed by atoms with Crippen LogP contribution >= 0.6 is 34.8 Å². The van der Waals surface area contributed by atoms with E-state index in [9.17, 15) is 10.1 Å². The second kappa shape index (κ2) is 6.39. The monoisotopic (exact) mass is 346 g/mol. The highest BCUT2D eigenvalue weighted by atomic mass is 35.5. The molecule has 0 aromatic heterocycles. The van der Waals surface area contributed by atoms with Gasteiger partial charge in [-0.1, -0.05) is 34.8 Å². The smallest absolute Gasteiger partial charge is 0.295 e. The molecular weight excluding hydrogens is 339 g/mol. The van der Waals surface area contributed by atoms with Crippen LogP contribution in [0.3, 0.4) is 0 Å². The van der Waals surface area contributed by atoms with Gasteiger partial charge in [0.25, 0.3) is 5.69 Å². The minimum Gasteiger partial charge on any atom is -0.495 e. The summed E-state index contributed by atoms with van der Waals surface area (Å²) < 4.78 is 5.18. The van der Waals surface area contributed by atoms with Crippen molar-refractivity contribution < 1.29 is 9.66 Å². The number of halogens is 3. The molecule has 21 heavy (non-hydrogen) atoms. The summed E-state index contributed by atoms with van der Waals surface area (Å²) in [5.41, 5.74) is 0.332. The maximum absolute atomic E-state index is 11.1. The fourth-order valence-electron chi connectivity index (χ4n) is 1.74. The maximum atomic E-state index is 11.1. The van der Waals surface area contributed by atoms with Gasteiger partial charge >= 0.3 is 0 Å². The minimum atomic E-state index is -0.572. The van der Waals surface area contributed by atoms with Gasteiger partial charge in [-0.25, -0.2) is 0 Å². The Labute approximate surface area is 135 Å².